The van der Waals surface area contributed by atoms with Crippen molar-refractivity contribution in [3.05, 3.63) is 29.1 Å². The average Bonchev–Trinajstić information content (AvgIpc) is 2.23. The van der Waals surface area contributed by atoms with Gasteiger partial charge < -0.3 is 0 Å². The molecule has 0 aliphatic rings. The summed E-state index contributed by atoms with van der Waals surface area (Å²) in [6.45, 7) is 0.812. The first-order valence-electron chi connectivity index (χ1n) is 3.72. The molecule has 0 aromatic heterocycles. The highest BCUT2D eigenvalue weighted by atomic mass is 19.2. The number of carbonyl (C=O) groups is 1. The zero-order valence-electron chi connectivity index (χ0n) is 7.61. The van der Waals surface area contributed by atoms with Crippen LogP contribution in [-0.2, 0) is 9.68 Å². The van der Waals surface area contributed by atoms with Crippen LogP contribution in [0.1, 0.15) is 6.92 Å². The predicted octanol–water partition coefficient (Wildman–Crippen LogP) is 2.24. The van der Waals surface area contributed by atoms with Crippen LogP contribution in [0.25, 0.3) is 0 Å². The Morgan fingerprint density at radius 2 is 1.25 bits per heavy atom. The van der Waals surface area contributed by atoms with Gasteiger partial charge in [0.2, 0.25) is 29.1 Å². The van der Waals surface area contributed by atoms with E-state index in [1.807, 2.05) is 0 Å². The van der Waals surface area contributed by atoms with Gasteiger partial charge >= 0.3 is 5.97 Å². The van der Waals surface area contributed by atoms with Crippen molar-refractivity contribution in [2.24, 2.45) is 0 Å². The van der Waals surface area contributed by atoms with Crippen molar-refractivity contribution < 1.29 is 36.5 Å². The van der Waals surface area contributed by atoms with Gasteiger partial charge in [-0.05, 0) is 0 Å². The Morgan fingerprint density at radius 1 is 0.875 bits per heavy atom. The molecule has 0 aliphatic carbocycles. The first-order chi connectivity index (χ1) is 7.36. The number of benzene rings is 1. The molecule has 1 aromatic carbocycles. The molecule has 0 bridgehead atoms. The summed E-state index contributed by atoms with van der Waals surface area (Å²) in [5, 5.41) is 0. The largest absolute Gasteiger partial charge is 0.352 e. The molecule has 0 aliphatic heterocycles. The Morgan fingerprint density at radius 3 is 1.62 bits per heavy atom. The van der Waals surface area contributed by atoms with Crippen LogP contribution in [0, 0.1) is 29.1 Å². The van der Waals surface area contributed by atoms with Gasteiger partial charge in [0, 0.05) is 6.92 Å². The monoisotopic (exact) mass is 242 g/mol. The molecule has 0 spiro atoms. The lowest BCUT2D eigenvalue weighted by atomic mass is 10.3. The Bertz CT molecular complexity index is 417. The molecule has 0 saturated carbocycles. The zero-order chi connectivity index (χ0) is 12.5. The summed E-state index contributed by atoms with van der Waals surface area (Å²) in [6, 6.07) is 0. The first kappa shape index (κ1) is 12.2. The molecular formula is C8H3F5O3. The number of hydrogen-bond donors (Lipinski definition) is 0. The summed E-state index contributed by atoms with van der Waals surface area (Å²) in [7, 11) is 0. The van der Waals surface area contributed by atoms with Crippen molar-refractivity contribution in [1.82, 2.24) is 0 Å². The number of carbonyl (C=O) groups excluding carboxylic acids is 1. The van der Waals surface area contributed by atoms with Crippen LogP contribution in [0.2, 0.25) is 0 Å². The van der Waals surface area contributed by atoms with Gasteiger partial charge in [0.1, 0.15) is 0 Å². The molecule has 0 radical (unpaired) electrons. The fourth-order valence-corrected chi connectivity index (χ4v) is 0.758. The van der Waals surface area contributed by atoms with Gasteiger partial charge in [-0.2, -0.15) is 8.78 Å². The van der Waals surface area contributed by atoms with Gasteiger partial charge in [0.05, 0.1) is 0 Å². The van der Waals surface area contributed by atoms with Crippen molar-refractivity contribution in [2.45, 2.75) is 6.92 Å². The molecule has 16 heavy (non-hydrogen) atoms. The molecule has 0 amide bonds. The molecule has 0 saturated heterocycles. The number of halogens is 5. The summed E-state index contributed by atoms with van der Waals surface area (Å²) in [6.07, 6.45) is 0. The summed E-state index contributed by atoms with van der Waals surface area (Å²) < 4.78 is 63.2. The van der Waals surface area contributed by atoms with E-state index in [-0.39, 0.29) is 0 Å². The second-order valence-corrected chi connectivity index (χ2v) is 2.56. The second-order valence-electron chi connectivity index (χ2n) is 2.56. The third-order valence-corrected chi connectivity index (χ3v) is 1.41. The van der Waals surface area contributed by atoms with Gasteiger partial charge in [-0.25, -0.2) is 18.0 Å². The third kappa shape index (κ3) is 2.05. The fraction of sp³-hybridized carbons (Fsp3) is 0.125. The molecular weight excluding hydrogens is 239 g/mol. The lowest BCUT2D eigenvalue weighted by Gasteiger charge is -2.06. The highest BCUT2D eigenvalue weighted by Gasteiger charge is 2.28. The van der Waals surface area contributed by atoms with Crippen LogP contribution < -0.4 is 4.89 Å². The highest BCUT2D eigenvalue weighted by molar-refractivity contribution is 5.65. The van der Waals surface area contributed by atoms with Crippen molar-refractivity contribution >= 4 is 5.97 Å². The normalized spacial score (nSPS) is 10.1. The van der Waals surface area contributed by atoms with E-state index >= 15 is 0 Å². The molecule has 8 heteroatoms. The molecule has 0 heterocycles. The van der Waals surface area contributed by atoms with Crippen molar-refractivity contribution in [2.75, 3.05) is 0 Å². The maximum atomic E-state index is 12.8. The molecule has 88 valence electrons. The van der Waals surface area contributed by atoms with Crippen LogP contribution >= 0.6 is 0 Å². The van der Waals surface area contributed by atoms with E-state index in [0.717, 1.165) is 6.92 Å². The van der Waals surface area contributed by atoms with Crippen molar-refractivity contribution in [3.8, 4) is 5.75 Å². The van der Waals surface area contributed by atoms with Crippen LogP contribution in [0.3, 0.4) is 0 Å². The molecule has 0 atom stereocenters. The van der Waals surface area contributed by atoms with E-state index in [2.05, 4.69) is 9.78 Å². The Kier molecular flexibility index (Phi) is 3.31. The topological polar surface area (TPSA) is 35.5 Å². The lowest BCUT2D eigenvalue weighted by Crippen LogP contribution is -2.09. The van der Waals surface area contributed by atoms with Gasteiger partial charge in [-0.1, -0.05) is 0 Å². The molecule has 0 fully saturated rings. The number of hydrogen-bond acceptors (Lipinski definition) is 3. The van der Waals surface area contributed by atoms with Crippen LogP contribution in [-0.4, -0.2) is 5.97 Å². The molecule has 3 nitrogen and oxygen atoms in total. The molecule has 1 rings (SSSR count). The smallest absolute Gasteiger partial charge is 0.280 e. The van der Waals surface area contributed by atoms with E-state index < -0.39 is 40.8 Å². The minimum Gasteiger partial charge on any atom is -0.280 e. The van der Waals surface area contributed by atoms with E-state index in [1.54, 1.807) is 0 Å². The van der Waals surface area contributed by atoms with E-state index in [4.69, 9.17) is 0 Å². The summed E-state index contributed by atoms with van der Waals surface area (Å²) in [5.74, 6) is -14.0. The first-order valence-corrected chi connectivity index (χ1v) is 3.72. The average molecular weight is 242 g/mol. The SMILES string of the molecule is CC(=O)OOc1c(F)c(F)c(F)c(F)c1F. The lowest BCUT2D eigenvalue weighted by molar-refractivity contribution is -0.213. The summed E-state index contributed by atoms with van der Waals surface area (Å²) in [4.78, 5) is 17.6. The Labute approximate surface area is 85.3 Å². The van der Waals surface area contributed by atoms with E-state index in [9.17, 15) is 26.7 Å². The summed E-state index contributed by atoms with van der Waals surface area (Å²) >= 11 is 0. The maximum absolute atomic E-state index is 12.8. The number of rotatable bonds is 2. The molecule has 0 N–H and O–H groups in total. The van der Waals surface area contributed by atoms with E-state index in [1.165, 1.54) is 0 Å². The highest BCUT2D eigenvalue weighted by Crippen LogP contribution is 2.29. The minimum absolute atomic E-state index is 0.812. The predicted molar refractivity (Wildman–Crippen MR) is 38.6 cm³/mol. The minimum atomic E-state index is -2.33. The summed E-state index contributed by atoms with van der Waals surface area (Å²) in [5.41, 5.74) is 0. The standard InChI is InChI=1S/C8H3F5O3/c1-2(14)15-16-8-6(12)4(10)3(9)5(11)7(8)13/h1H3. The van der Waals surface area contributed by atoms with Gasteiger partial charge in [-0.15, -0.1) is 0 Å². The van der Waals surface area contributed by atoms with Crippen molar-refractivity contribution in [3.63, 3.8) is 0 Å². The third-order valence-electron chi connectivity index (χ3n) is 1.41. The molecule has 0 unspecified atom stereocenters. The van der Waals surface area contributed by atoms with Gasteiger partial charge in [0.25, 0.3) is 5.75 Å². The molecule has 1 aromatic rings. The van der Waals surface area contributed by atoms with E-state index in [0.29, 0.717) is 0 Å². The van der Waals surface area contributed by atoms with Gasteiger partial charge in [-0.3, -0.25) is 9.78 Å². The second kappa shape index (κ2) is 4.33. The van der Waals surface area contributed by atoms with Crippen LogP contribution in [0.5, 0.6) is 5.75 Å². The fourth-order valence-electron chi connectivity index (χ4n) is 0.758. The van der Waals surface area contributed by atoms with Gasteiger partial charge in [0.15, 0.2) is 0 Å². The van der Waals surface area contributed by atoms with Crippen LogP contribution in [0.15, 0.2) is 0 Å². The Hall–Kier alpha value is -1.86. The van der Waals surface area contributed by atoms with Crippen molar-refractivity contribution in [1.29, 1.82) is 0 Å². The maximum Gasteiger partial charge on any atom is 0.352 e. The zero-order valence-corrected chi connectivity index (χ0v) is 7.61. The van der Waals surface area contributed by atoms with Crippen LogP contribution in [0.4, 0.5) is 22.0 Å². The Balaban J connectivity index is 3.23. The quantitative estimate of drug-likeness (QED) is 0.262.